The minimum absolute atomic E-state index is 0.111. The molecule has 0 bridgehead atoms. The lowest BCUT2D eigenvalue weighted by molar-refractivity contribution is 0.251. The fraction of sp³-hybridized carbons (Fsp3) is 0.200. The Labute approximate surface area is 191 Å². The Hall–Kier alpha value is -3.75. The van der Waals surface area contributed by atoms with Crippen molar-refractivity contribution < 1.29 is 19.3 Å². The predicted molar refractivity (Wildman–Crippen MR) is 124 cm³/mol. The van der Waals surface area contributed by atoms with Crippen LogP contribution in [0.4, 0.5) is 4.39 Å². The van der Waals surface area contributed by atoms with E-state index < -0.39 is 0 Å². The van der Waals surface area contributed by atoms with Gasteiger partial charge in [0, 0.05) is 18.3 Å². The maximum Gasteiger partial charge on any atom is 0.143 e. The summed E-state index contributed by atoms with van der Waals surface area (Å²) >= 11 is 0. The summed E-state index contributed by atoms with van der Waals surface area (Å²) in [5.41, 5.74) is 4.47. The van der Waals surface area contributed by atoms with Gasteiger partial charge in [0.1, 0.15) is 17.4 Å². The lowest BCUT2D eigenvalue weighted by Gasteiger charge is -2.10. The highest BCUT2D eigenvalue weighted by atomic mass is 19.1. The van der Waals surface area contributed by atoms with Crippen molar-refractivity contribution in [2.24, 2.45) is 0 Å². The van der Waals surface area contributed by atoms with Crippen LogP contribution in [0.2, 0.25) is 0 Å². The molecule has 0 aliphatic heterocycles. The third kappa shape index (κ3) is 4.72. The first kappa shape index (κ1) is 22.4. The number of imidazole rings is 2. The summed E-state index contributed by atoms with van der Waals surface area (Å²) < 4.78 is 22.6. The topological polar surface area (TPSA) is 85.3 Å². The van der Waals surface area contributed by atoms with Gasteiger partial charge < -0.3 is 24.1 Å². The minimum Gasteiger partial charge on any atom is -0.495 e. The van der Waals surface area contributed by atoms with Crippen molar-refractivity contribution in [1.29, 1.82) is 0 Å². The van der Waals surface area contributed by atoms with E-state index in [0.29, 0.717) is 28.5 Å². The molecular weight excluding hydrogens is 423 g/mol. The number of aryl methyl sites for hydroxylation is 1. The number of ether oxygens (including phenoxy) is 1. The smallest absolute Gasteiger partial charge is 0.143 e. The van der Waals surface area contributed by atoms with Crippen LogP contribution in [0.1, 0.15) is 22.8 Å². The van der Waals surface area contributed by atoms with Gasteiger partial charge in [-0.2, -0.15) is 0 Å². The molecule has 0 amide bonds. The second-order valence-electron chi connectivity index (χ2n) is 7.49. The molecule has 4 rings (SSSR count). The highest BCUT2D eigenvalue weighted by Crippen LogP contribution is 2.28. The zero-order chi connectivity index (χ0) is 23.4. The average molecular weight is 448 g/mol. The standard InChI is InChI=1S/C25H25FN4O3/c1-17-14-29(16-27-17)21-9-3-18(13-23(21)33-2)4-10-24-28-25(19-5-7-20(26)8-6-19)22(15-32)30(24)11-12-31/h3-10,13-14,16,31-32H,11-12,15H2,1-2H3/b10-4+. The van der Waals surface area contributed by atoms with Crippen molar-refractivity contribution in [3.05, 3.63) is 83.6 Å². The molecule has 2 aromatic carbocycles. The molecule has 0 saturated carbocycles. The van der Waals surface area contributed by atoms with E-state index in [2.05, 4.69) is 9.97 Å². The van der Waals surface area contributed by atoms with E-state index >= 15 is 0 Å². The SMILES string of the molecule is COc1cc(/C=C/c2nc(-c3ccc(F)cc3)c(CO)n2CCO)ccc1-n1cnc(C)c1. The Bertz CT molecular complexity index is 1280. The molecule has 0 aliphatic rings. The highest BCUT2D eigenvalue weighted by molar-refractivity contribution is 5.72. The number of hydrogen-bond acceptors (Lipinski definition) is 5. The molecule has 0 atom stereocenters. The van der Waals surface area contributed by atoms with Crippen molar-refractivity contribution in [2.75, 3.05) is 13.7 Å². The van der Waals surface area contributed by atoms with Crippen LogP contribution in [-0.4, -0.2) is 43.0 Å². The summed E-state index contributed by atoms with van der Waals surface area (Å²) in [5.74, 6) is 0.916. The van der Waals surface area contributed by atoms with Gasteiger partial charge in [0.05, 0.1) is 49.4 Å². The molecule has 2 N–H and O–H groups in total. The van der Waals surface area contributed by atoms with Gasteiger partial charge in [0.15, 0.2) is 0 Å². The Morgan fingerprint density at radius 3 is 2.52 bits per heavy atom. The molecule has 2 heterocycles. The van der Waals surface area contributed by atoms with Crippen molar-refractivity contribution in [1.82, 2.24) is 19.1 Å². The van der Waals surface area contributed by atoms with Gasteiger partial charge >= 0.3 is 0 Å². The summed E-state index contributed by atoms with van der Waals surface area (Å²) in [4.78, 5) is 8.93. The molecule has 170 valence electrons. The maximum absolute atomic E-state index is 13.4. The van der Waals surface area contributed by atoms with E-state index in [1.807, 2.05) is 48.0 Å². The molecule has 0 radical (unpaired) electrons. The Morgan fingerprint density at radius 2 is 1.88 bits per heavy atom. The third-order valence-corrected chi connectivity index (χ3v) is 5.31. The number of hydrogen-bond donors (Lipinski definition) is 2. The molecule has 8 heteroatoms. The normalized spacial score (nSPS) is 11.4. The number of aliphatic hydroxyl groups excluding tert-OH is 2. The molecule has 0 fully saturated rings. The highest BCUT2D eigenvalue weighted by Gasteiger charge is 2.16. The predicted octanol–water partition coefficient (Wildman–Crippen LogP) is 3.85. The van der Waals surface area contributed by atoms with Gasteiger partial charge in [0.2, 0.25) is 0 Å². The van der Waals surface area contributed by atoms with E-state index in [9.17, 15) is 14.6 Å². The van der Waals surface area contributed by atoms with Crippen LogP contribution in [0, 0.1) is 12.7 Å². The fourth-order valence-corrected chi connectivity index (χ4v) is 3.72. The first-order chi connectivity index (χ1) is 16.0. The monoisotopic (exact) mass is 448 g/mol. The summed E-state index contributed by atoms with van der Waals surface area (Å²) in [5, 5.41) is 19.5. The summed E-state index contributed by atoms with van der Waals surface area (Å²) in [6.07, 6.45) is 7.36. The first-order valence-electron chi connectivity index (χ1n) is 10.5. The van der Waals surface area contributed by atoms with Crippen LogP contribution in [-0.2, 0) is 13.2 Å². The zero-order valence-corrected chi connectivity index (χ0v) is 18.4. The Balaban J connectivity index is 1.70. The van der Waals surface area contributed by atoms with Gasteiger partial charge in [-0.3, -0.25) is 0 Å². The van der Waals surface area contributed by atoms with Crippen LogP contribution in [0.3, 0.4) is 0 Å². The lowest BCUT2D eigenvalue weighted by atomic mass is 10.1. The van der Waals surface area contributed by atoms with Crippen LogP contribution in [0.15, 0.2) is 55.0 Å². The van der Waals surface area contributed by atoms with Crippen molar-refractivity contribution >= 4 is 12.2 Å². The van der Waals surface area contributed by atoms with Crippen LogP contribution in [0.5, 0.6) is 5.75 Å². The summed E-state index contributed by atoms with van der Waals surface area (Å²) in [7, 11) is 1.62. The van der Waals surface area contributed by atoms with Crippen LogP contribution in [0.25, 0.3) is 29.1 Å². The van der Waals surface area contributed by atoms with E-state index in [1.54, 1.807) is 30.1 Å². The number of nitrogens with zero attached hydrogens (tertiary/aromatic N) is 4. The molecule has 4 aromatic rings. The van der Waals surface area contributed by atoms with Gasteiger partial charge in [-0.1, -0.05) is 12.1 Å². The van der Waals surface area contributed by atoms with E-state index in [-0.39, 0.29) is 25.6 Å². The number of aromatic nitrogens is 4. The fourth-order valence-electron chi connectivity index (χ4n) is 3.72. The third-order valence-electron chi connectivity index (χ3n) is 5.31. The van der Waals surface area contributed by atoms with Gasteiger partial charge in [-0.05, 0) is 55.0 Å². The molecular formula is C25H25FN4O3. The van der Waals surface area contributed by atoms with E-state index in [4.69, 9.17) is 4.74 Å². The second kappa shape index (κ2) is 9.81. The minimum atomic E-state index is -0.345. The van der Waals surface area contributed by atoms with Crippen LogP contribution >= 0.6 is 0 Å². The zero-order valence-electron chi connectivity index (χ0n) is 18.4. The second-order valence-corrected chi connectivity index (χ2v) is 7.49. The Morgan fingerprint density at radius 1 is 1.09 bits per heavy atom. The number of benzene rings is 2. The van der Waals surface area contributed by atoms with Crippen LogP contribution < -0.4 is 4.74 Å². The average Bonchev–Trinajstić information content (AvgIpc) is 3.41. The lowest BCUT2D eigenvalue weighted by Crippen LogP contribution is -2.08. The molecule has 7 nitrogen and oxygen atoms in total. The van der Waals surface area contributed by atoms with Crippen molar-refractivity contribution in [3.63, 3.8) is 0 Å². The van der Waals surface area contributed by atoms with Gasteiger partial charge in [-0.25, -0.2) is 14.4 Å². The summed E-state index contributed by atoms with van der Waals surface area (Å²) in [6, 6.07) is 11.8. The number of aliphatic hydroxyl groups is 2. The Kier molecular flexibility index (Phi) is 6.67. The van der Waals surface area contributed by atoms with Crippen molar-refractivity contribution in [2.45, 2.75) is 20.1 Å². The number of methoxy groups -OCH3 is 1. The number of halogens is 1. The van der Waals surface area contributed by atoms with Gasteiger partial charge in [-0.15, -0.1) is 0 Å². The molecule has 0 aliphatic carbocycles. The molecule has 0 spiro atoms. The van der Waals surface area contributed by atoms with Crippen molar-refractivity contribution in [3.8, 4) is 22.7 Å². The molecule has 0 saturated heterocycles. The summed E-state index contributed by atoms with van der Waals surface area (Å²) in [6.45, 7) is 1.82. The first-order valence-corrected chi connectivity index (χ1v) is 10.5. The van der Waals surface area contributed by atoms with Gasteiger partial charge in [0.25, 0.3) is 0 Å². The molecule has 0 unspecified atom stereocenters. The quantitative estimate of drug-likeness (QED) is 0.428. The van der Waals surface area contributed by atoms with E-state index in [0.717, 1.165) is 16.9 Å². The van der Waals surface area contributed by atoms with E-state index in [1.165, 1.54) is 12.1 Å². The number of rotatable bonds is 8. The largest absolute Gasteiger partial charge is 0.495 e. The molecule has 2 aromatic heterocycles. The molecule has 33 heavy (non-hydrogen) atoms. The maximum atomic E-state index is 13.4.